The molecule has 1 aromatic heterocycles. The molecule has 1 aliphatic rings. The summed E-state index contributed by atoms with van der Waals surface area (Å²) in [6.07, 6.45) is 3.83. The van der Waals surface area contributed by atoms with Gasteiger partial charge >= 0.3 is 0 Å². The van der Waals surface area contributed by atoms with Crippen molar-refractivity contribution in [2.75, 3.05) is 6.61 Å². The first-order valence-corrected chi connectivity index (χ1v) is 7.88. The van der Waals surface area contributed by atoms with Gasteiger partial charge in [-0.15, -0.1) is 0 Å². The number of aromatic nitrogens is 3. The third-order valence-corrected chi connectivity index (χ3v) is 4.20. The Bertz CT molecular complexity index is 746. The van der Waals surface area contributed by atoms with E-state index in [1.807, 2.05) is 6.21 Å². The number of nitrogens with one attached hydrogen (secondary N) is 1. The van der Waals surface area contributed by atoms with Crippen molar-refractivity contribution in [1.29, 1.82) is 0 Å². The van der Waals surface area contributed by atoms with Gasteiger partial charge in [0.15, 0.2) is 5.82 Å². The molecule has 1 saturated heterocycles. The first-order chi connectivity index (χ1) is 10.6. The summed E-state index contributed by atoms with van der Waals surface area (Å²) in [6.45, 7) is 7.06. The molecule has 1 N–H and O–H groups in total. The predicted octanol–water partition coefficient (Wildman–Crippen LogP) is 3.60. The number of H-pyrrole nitrogens is 1. The maximum atomic E-state index is 5.68. The van der Waals surface area contributed by atoms with Crippen molar-refractivity contribution in [3.8, 4) is 0 Å². The Labute approximate surface area is 135 Å². The molecule has 0 radical (unpaired) electrons. The standard InChI is InChI=1S/C16H20N4OS/c1-10-7-11(2)13(12(3)8-10)9-17-20-15(18-19-16(20)22)14-5-4-6-21-14/h7-9,14H,4-6H2,1-3H3,(H,19,22)/b17-9-/t14-/m0/s1. The van der Waals surface area contributed by atoms with E-state index in [-0.39, 0.29) is 6.10 Å². The Kier molecular flexibility index (Phi) is 4.22. The van der Waals surface area contributed by atoms with Crippen molar-refractivity contribution in [2.24, 2.45) is 5.10 Å². The summed E-state index contributed by atoms with van der Waals surface area (Å²) in [5.41, 5.74) is 4.78. The number of hydrogen-bond donors (Lipinski definition) is 1. The van der Waals surface area contributed by atoms with Gasteiger partial charge < -0.3 is 4.74 Å². The lowest BCUT2D eigenvalue weighted by molar-refractivity contribution is 0.102. The van der Waals surface area contributed by atoms with Gasteiger partial charge in [-0.25, -0.2) is 0 Å². The van der Waals surface area contributed by atoms with E-state index in [0.717, 1.165) is 30.8 Å². The Morgan fingerprint density at radius 1 is 1.36 bits per heavy atom. The Morgan fingerprint density at radius 3 is 2.73 bits per heavy atom. The van der Waals surface area contributed by atoms with Crippen molar-refractivity contribution in [3.63, 3.8) is 0 Å². The van der Waals surface area contributed by atoms with Crippen LogP contribution in [0.5, 0.6) is 0 Å². The number of aryl methyl sites for hydroxylation is 3. The first-order valence-electron chi connectivity index (χ1n) is 7.47. The van der Waals surface area contributed by atoms with Crippen LogP contribution in [0.3, 0.4) is 0 Å². The number of nitrogens with zero attached hydrogens (tertiary/aromatic N) is 3. The zero-order valence-electron chi connectivity index (χ0n) is 13.1. The average Bonchev–Trinajstić information content (AvgIpc) is 3.07. The monoisotopic (exact) mass is 316 g/mol. The fourth-order valence-corrected chi connectivity index (χ4v) is 3.10. The maximum absolute atomic E-state index is 5.68. The van der Waals surface area contributed by atoms with E-state index in [0.29, 0.717) is 4.77 Å². The van der Waals surface area contributed by atoms with E-state index < -0.39 is 0 Å². The third kappa shape index (κ3) is 2.89. The summed E-state index contributed by atoms with van der Waals surface area (Å²) in [4.78, 5) is 0. The normalized spacial score (nSPS) is 18.4. The van der Waals surface area contributed by atoms with Crippen LogP contribution in [0.15, 0.2) is 17.2 Å². The van der Waals surface area contributed by atoms with Gasteiger partial charge in [0.25, 0.3) is 0 Å². The van der Waals surface area contributed by atoms with E-state index in [4.69, 9.17) is 17.0 Å². The van der Waals surface area contributed by atoms with Gasteiger partial charge in [-0.1, -0.05) is 17.7 Å². The second-order valence-corrected chi connectivity index (χ2v) is 6.14. The minimum absolute atomic E-state index is 0.0229. The van der Waals surface area contributed by atoms with Gasteiger partial charge in [0, 0.05) is 12.2 Å². The highest BCUT2D eigenvalue weighted by Gasteiger charge is 2.23. The largest absolute Gasteiger partial charge is 0.370 e. The zero-order chi connectivity index (χ0) is 15.7. The number of hydrogen-bond acceptors (Lipinski definition) is 4. The van der Waals surface area contributed by atoms with E-state index >= 15 is 0 Å². The molecule has 6 heteroatoms. The predicted molar refractivity (Wildman–Crippen MR) is 89.0 cm³/mol. The van der Waals surface area contributed by atoms with E-state index in [1.54, 1.807) is 4.68 Å². The molecule has 116 valence electrons. The highest BCUT2D eigenvalue weighted by Crippen LogP contribution is 2.27. The molecule has 5 nitrogen and oxygen atoms in total. The van der Waals surface area contributed by atoms with Crippen LogP contribution in [0, 0.1) is 25.5 Å². The van der Waals surface area contributed by atoms with Gasteiger partial charge in [0.2, 0.25) is 4.77 Å². The second-order valence-electron chi connectivity index (χ2n) is 5.76. The Morgan fingerprint density at radius 2 is 2.09 bits per heavy atom. The van der Waals surface area contributed by atoms with Crippen LogP contribution in [0.25, 0.3) is 0 Å². The third-order valence-electron chi connectivity index (χ3n) is 3.93. The molecule has 0 saturated carbocycles. The fourth-order valence-electron chi connectivity index (χ4n) is 2.92. The summed E-state index contributed by atoms with van der Waals surface area (Å²) in [7, 11) is 0. The topological polar surface area (TPSA) is 55.2 Å². The van der Waals surface area contributed by atoms with Crippen LogP contribution in [-0.4, -0.2) is 27.7 Å². The SMILES string of the molecule is Cc1cc(C)c(/C=N\n2c([C@@H]3CCCO3)n[nH]c2=S)c(C)c1. The number of rotatable bonds is 3. The molecule has 22 heavy (non-hydrogen) atoms. The van der Waals surface area contributed by atoms with Crippen LogP contribution in [0.2, 0.25) is 0 Å². The van der Waals surface area contributed by atoms with Crippen LogP contribution in [-0.2, 0) is 4.74 Å². The van der Waals surface area contributed by atoms with Crippen LogP contribution >= 0.6 is 12.2 Å². The fraction of sp³-hybridized carbons (Fsp3) is 0.438. The van der Waals surface area contributed by atoms with E-state index in [1.165, 1.54) is 16.7 Å². The molecule has 0 aliphatic carbocycles. The lowest BCUT2D eigenvalue weighted by Gasteiger charge is -2.09. The molecule has 0 bridgehead atoms. The van der Waals surface area contributed by atoms with Crippen molar-refractivity contribution in [1.82, 2.24) is 14.9 Å². The summed E-state index contributed by atoms with van der Waals surface area (Å²) >= 11 is 5.29. The molecule has 2 heterocycles. The Balaban J connectivity index is 1.97. The molecular weight excluding hydrogens is 296 g/mol. The molecule has 0 amide bonds. The summed E-state index contributed by atoms with van der Waals surface area (Å²) in [6, 6.07) is 4.31. The quantitative estimate of drug-likeness (QED) is 0.695. The van der Waals surface area contributed by atoms with Gasteiger partial charge in [-0.3, -0.25) is 5.10 Å². The maximum Gasteiger partial charge on any atom is 0.216 e. The van der Waals surface area contributed by atoms with Crippen LogP contribution < -0.4 is 0 Å². The minimum Gasteiger partial charge on any atom is -0.370 e. The molecule has 1 fully saturated rings. The van der Waals surface area contributed by atoms with Crippen LogP contribution in [0.4, 0.5) is 0 Å². The van der Waals surface area contributed by atoms with Gasteiger partial charge in [-0.05, 0) is 57.0 Å². The lowest BCUT2D eigenvalue weighted by atomic mass is 10.0. The Hall–Kier alpha value is -1.79. The molecule has 1 aliphatic heterocycles. The van der Waals surface area contributed by atoms with Crippen molar-refractivity contribution in [2.45, 2.75) is 39.7 Å². The highest BCUT2D eigenvalue weighted by molar-refractivity contribution is 7.71. The van der Waals surface area contributed by atoms with Gasteiger partial charge in [-0.2, -0.15) is 14.9 Å². The van der Waals surface area contributed by atoms with E-state index in [9.17, 15) is 0 Å². The molecule has 2 aromatic rings. The molecule has 1 atom stereocenters. The zero-order valence-corrected chi connectivity index (χ0v) is 13.9. The van der Waals surface area contributed by atoms with Gasteiger partial charge in [0.05, 0.1) is 6.21 Å². The summed E-state index contributed by atoms with van der Waals surface area (Å²) < 4.78 is 7.85. The number of benzene rings is 1. The average molecular weight is 316 g/mol. The van der Waals surface area contributed by atoms with E-state index in [2.05, 4.69) is 48.2 Å². The lowest BCUT2D eigenvalue weighted by Crippen LogP contribution is -2.06. The minimum atomic E-state index is -0.0229. The number of aromatic amines is 1. The molecule has 3 rings (SSSR count). The van der Waals surface area contributed by atoms with Crippen molar-refractivity contribution in [3.05, 3.63) is 45.0 Å². The molecule has 0 unspecified atom stereocenters. The molecule has 0 spiro atoms. The molecular formula is C16H20N4OS. The van der Waals surface area contributed by atoms with Crippen molar-refractivity contribution < 1.29 is 4.74 Å². The van der Waals surface area contributed by atoms with Crippen LogP contribution in [0.1, 0.15) is 47.0 Å². The highest BCUT2D eigenvalue weighted by atomic mass is 32.1. The van der Waals surface area contributed by atoms with Crippen molar-refractivity contribution >= 4 is 18.4 Å². The first kappa shape index (κ1) is 15.1. The summed E-state index contributed by atoms with van der Waals surface area (Å²) in [5.74, 6) is 0.751. The number of ether oxygens (including phenoxy) is 1. The van der Waals surface area contributed by atoms with Gasteiger partial charge in [0.1, 0.15) is 6.10 Å². The second kappa shape index (κ2) is 6.14. The summed E-state index contributed by atoms with van der Waals surface area (Å²) in [5, 5.41) is 11.6. The molecule has 1 aromatic carbocycles. The smallest absolute Gasteiger partial charge is 0.216 e.